The summed E-state index contributed by atoms with van der Waals surface area (Å²) < 4.78 is 28.4. The predicted octanol–water partition coefficient (Wildman–Crippen LogP) is 1.29. The molecular formula is C12H19N3O2S. The fourth-order valence-electron chi connectivity index (χ4n) is 1.64. The molecule has 6 heteroatoms. The maximum Gasteiger partial charge on any atom is 0.260 e. The molecule has 1 aromatic rings. The van der Waals surface area contributed by atoms with E-state index in [-0.39, 0.29) is 5.03 Å². The molecule has 0 aromatic carbocycles. The number of hydrogen-bond acceptors (Lipinski definition) is 3. The summed E-state index contributed by atoms with van der Waals surface area (Å²) in [5.74, 6) is 3.11. The van der Waals surface area contributed by atoms with E-state index in [0.717, 1.165) is 6.42 Å². The molecule has 0 saturated heterocycles. The van der Waals surface area contributed by atoms with Gasteiger partial charge in [0.15, 0.2) is 5.03 Å². The van der Waals surface area contributed by atoms with Crippen molar-refractivity contribution >= 4 is 10.0 Å². The second kappa shape index (κ2) is 6.03. The largest absolute Gasteiger partial charge is 0.334 e. The molecule has 1 atom stereocenters. The summed E-state index contributed by atoms with van der Waals surface area (Å²) in [6.45, 7) is 6.34. The van der Waals surface area contributed by atoms with Crippen LogP contribution in [-0.4, -0.2) is 24.0 Å². The number of terminal acetylenes is 1. The molecule has 1 aromatic heterocycles. The van der Waals surface area contributed by atoms with Gasteiger partial charge in [-0.25, -0.2) is 13.4 Å². The van der Waals surface area contributed by atoms with Crippen LogP contribution in [0.4, 0.5) is 0 Å². The molecule has 1 heterocycles. The highest BCUT2D eigenvalue weighted by Crippen LogP contribution is 2.10. The molecule has 0 saturated carbocycles. The minimum Gasteiger partial charge on any atom is -0.334 e. The Morgan fingerprint density at radius 2 is 2.22 bits per heavy atom. The second-order valence-corrected chi connectivity index (χ2v) is 5.70. The number of rotatable bonds is 6. The van der Waals surface area contributed by atoms with Crippen LogP contribution >= 0.6 is 0 Å². The van der Waals surface area contributed by atoms with Crippen molar-refractivity contribution in [3.63, 3.8) is 0 Å². The predicted molar refractivity (Wildman–Crippen MR) is 70.5 cm³/mol. The maximum atomic E-state index is 12.1. The first-order valence-corrected chi connectivity index (χ1v) is 7.45. The molecule has 1 unspecified atom stereocenters. The van der Waals surface area contributed by atoms with Gasteiger partial charge >= 0.3 is 0 Å². The first-order valence-electron chi connectivity index (χ1n) is 5.96. The number of sulfonamides is 1. The maximum absolute atomic E-state index is 12.1. The van der Waals surface area contributed by atoms with Crippen LogP contribution in [-0.2, 0) is 16.6 Å². The van der Waals surface area contributed by atoms with Crippen LogP contribution < -0.4 is 4.72 Å². The van der Waals surface area contributed by atoms with E-state index in [0.29, 0.717) is 18.8 Å². The van der Waals surface area contributed by atoms with E-state index in [1.54, 1.807) is 11.5 Å². The van der Waals surface area contributed by atoms with E-state index in [1.165, 1.54) is 6.20 Å². The smallest absolute Gasteiger partial charge is 0.260 e. The van der Waals surface area contributed by atoms with Crippen LogP contribution in [0, 0.1) is 19.3 Å². The third-order valence-electron chi connectivity index (χ3n) is 2.65. The summed E-state index contributed by atoms with van der Waals surface area (Å²) in [6, 6.07) is -0.480. The van der Waals surface area contributed by atoms with Gasteiger partial charge in [-0.2, -0.15) is 4.72 Å². The van der Waals surface area contributed by atoms with Crippen molar-refractivity contribution in [3.8, 4) is 12.3 Å². The van der Waals surface area contributed by atoms with Crippen LogP contribution in [0.1, 0.15) is 32.5 Å². The number of hydrogen-bond donors (Lipinski definition) is 1. The topological polar surface area (TPSA) is 64.0 Å². The molecule has 18 heavy (non-hydrogen) atoms. The molecule has 1 N–H and O–H groups in total. The van der Waals surface area contributed by atoms with Crippen molar-refractivity contribution in [1.29, 1.82) is 0 Å². The van der Waals surface area contributed by atoms with Gasteiger partial charge in [0.2, 0.25) is 0 Å². The number of aryl methyl sites for hydroxylation is 2. The summed E-state index contributed by atoms with van der Waals surface area (Å²) in [4.78, 5) is 4.04. The van der Waals surface area contributed by atoms with Crippen molar-refractivity contribution in [3.05, 3.63) is 12.0 Å². The third kappa shape index (κ3) is 3.34. The van der Waals surface area contributed by atoms with Gasteiger partial charge in [0, 0.05) is 12.7 Å². The Hall–Kier alpha value is -1.32. The summed E-state index contributed by atoms with van der Waals surface area (Å²) in [5.41, 5.74) is 0. The highest BCUT2D eigenvalue weighted by Gasteiger charge is 2.21. The van der Waals surface area contributed by atoms with Gasteiger partial charge in [0.25, 0.3) is 10.0 Å². The fourth-order valence-corrected chi connectivity index (χ4v) is 2.84. The van der Waals surface area contributed by atoms with E-state index in [9.17, 15) is 8.42 Å². The summed E-state index contributed by atoms with van der Waals surface area (Å²) in [6.07, 6.45) is 8.26. The molecule has 5 nitrogen and oxygen atoms in total. The van der Waals surface area contributed by atoms with Gasteiger partial charge in [-0.15, -0.1) is 6.42 Å². The lowest BCUT2D eigenvalue weighted by Crippen LogP contribution is -2.33. The van der Waals surface area contributed by atoms with Gasteiger partial charge in [0.05, 0.1) is 6.04 Å². The molecule has 0 amide bonds. The Bertz CT molecular complexity index is 540. The minimum atomic E-state index is -3.63. The molecule has 0 aliphatic rings. The van der Waals surface area contributed by atoms with Gasteiger partial charge in [-0.05, 0) is 20.3 Å². The first-order chi connectivity index (χ1) is 8.44. The Labute approximate surface area is 109 Å². The average Bonchev–Trinajstić information content (AvgIpc) is 2.70. The van der Waals surface area contributed by atoms with Gasteiger partial charge < -0.3 is 4.57 Å². The average molecular weight is 269 g/mol. The van der Waals surface area contributed by atoms with E-state index >= 15 is 0 Å². The second-order valence-electron chi connectivity index (χ2n) is 4.04. The van der Waals surface area contributed by atoms with Crippen molar-refractivity contribution < 1.29 is 8.42 Å². The van der Waals surface area contributed by atoms with Crippen molar-refractivity contribution in [2.24, 2.45) is 0 Å². The van der Waals surface area contributed by atoms with Crippen LogP contribution in [0.2, 0.25) is 0 Å². The van der Waals surface area contributed by atoms with E-state index in [1.807, 2.05) is 13.8 Å². The molecule has 100 valence electrons. The lowest BCUT2D eigenvalue weighted by atomic mass is 10.2. The van der Waals surface area contributed by atoms with Crippen molar-refractivity contribution in [1.82, 2.24) is 14.3 Å². The van der Waals surface area contributed by atoms with Crippen LogP contribution in [0.5, 0.6) is 0 Å². The zero-order chi connectivity index (χ0) is 13.8. The summed E-state index contributed by atoms with van der Waals surface area (Å²) in [7, 11) is -3.63. The van der Waals surface area contributed by atoms with E-state index in [2.05, 4.69) is 15.6 Å². The molecule has 0 bridgehead atoms. The molecular weight excluding hydrogens is 250 g/mol. The monoisotopic (exact) mass is 269 g/mol. The van der Waals surface area contributed by atoms with Gasteiger partial charge in [0.1, 0.15) is 5.82 Å². The standard InChI is InChI=1S/C12H19N3O2S/c1-5-8-11(6-2)14-18(16,17)12-9-15(7-3)10(4)13-12/h2,9,11,14H,5,7-8H2,1,3-4H3. The Balaban J connectivity index is 2.96. The normalized spacial score (nSPS) is 13.2. The van der Waals surface area contributed by atoms with Crippen LogP contribution in [0.3, 0.4) is 0 Å². The van der Waals surface area contributed by atoms with Crippen molar-refractivity contribution in [2.75, 3.05) is 0 Å². The van der Waals surface area contributed by atoms with Crippen molar-refractivity contribution in [2.45, 2.75) is 51.2 Å². The summed E-state index contributed by atoms with van der Waals surface area (Å²) >= 11 is 0. The Morgan fingerprint density at radius 3 is 2.67 bits per heavy atom. The highest BCUT2D eigenvalue weighted by molar-refractivity contribution is 7.89. The van der Waals surface area contributed by atoms with Gasteiger partial charge in [-0.1, -0.05) is 19.3 Å². The number of imidazole rings is 1. The Morgan fingerprint density at radius 1 is 1.56 bits per heavy atom. The zero-order valence-corrected chi connectivity index (χ0v) is 11.8. The van der Waals surface area contributed by atoms with E-state index in [4.69, 9.17) is 6.42 Å². The fraction of sp³-hybridized carbons (Fsp3) is 0.583. The number of aromatic nitrogens is 2. The molecule has 0 spiro atoms. The molecule has 1 rings (SSSR count). The molecule has 0 fully saturated rings. The van der Waals surface area contributed by atoms with E-state index < -0.39 is 16.1 Å². The quantitative estimate of drug-likeness (QED) is 0.792. The lowest BCUT2D eigenvalue weighted by Gasteiger charge is -2.10. The number of nitrogens with one attached hydrogen (secondary N) is 1. The molecule has 0 aliphatic carbocycles. The SMILES string of the molecule is C#CC(CCC)NS(=O)(=O)c1cn(CC)c(C)n1. The molecule has 0 aliphatic heterocycles. The first kappa shape index (κ1) is 14.7. The summed E-state index contributed by atoms with van der Waals surface area (Å²) in [5, 5.41) is 0.0261. The van der Waals surface area contributed by atoms with Crippen LogP contribution in [0.25, 0.3) is 0 Å². The lowest BCUT2D eigenvalue weighted by molar-refractivity contribution is 0.561. The zero-order valence-electron chi connectivity index (χ0n) is 11.0. The van der Waals surface area contributed by atoms with Crippen LogP contribution in [0.15, 0.2) is 11.2 Å². The molecule has 0 radical (unpaired) electrons. The highest BCUT2D eigenvalue weighted by atomic mass is 32.2. The number of nitrogens with zero attached hydrogens (tertiary/aromatic N) is 2. The minimum absolute atomic E-state index is 0.0261. The van der Waals surface area contributed by atoms with Gasteiger partial charge in [-0.3, -0.25) is 0 Å². The third-order valence-corrected chi connectivity index (χ3v) is 3.99. The Kier molecular flexibility index (Phi) is 4.93.